The van der Waals surface area contributed by atoms with Crippen molar-refractivity contribution in [3.05, 3.63) is 35.5 Å². The van der Waals surface area contributed by atoms with Crippen LogP contribution in [0.4, 0.5) is 5.69 Å². The molecule has 0 aliphatic carbocycles. The number of nitrogens with zero attached hydrogens (tertiary/aromatic N) is 2. The van der Waals surface area contributed by atoms with Crippen LogP contribution in [0.2, 0.25) is 0 Å². The topological polar surface area (TPSA) is 53.1 Å². The second-order valence-electron chi connectivity index (χ2n) is 4.95. The van der Waals surface area contributed by atoms with E-state index in [0.717, 1.165) is 23.4 Å². The van der Waals surface area contributed by atoms with Crippen molar-refractivity contribution in [2.24, 2.45) is 7.05 Å². The summed E-state index contributed by atoms with van der Waals surface area (Å²) in [7, 11) is 1.85. The monoisotopic (exact) mass is 259 g/mol. The van der Waals surface area contributed by atoms with Gasteiger partial charge in [-0.05, 0) is 24.0 Å². The molecule has 19 heavy (non-hydrogen) atoms. The summed E-state index contributed by atoms with van der Waals surface area (Å²) in [6, 6.07) is 7.99. The minimum Gasteiger partial charge on any atom is -0.437 e. The van der Waals surface area contributed by atoms with Crippen molar-refractivity contribution in [2.45, 2.75) is 33.1 Å². The van der Waals surface area contributed by atoms with Gasteiger partial charge in [0, 0.05) is 7.05 Å². The van der Waals surface area contributed by atoms with Crippen LogP contribution < -0.4 is 10.5 Å². The highest BCUT2D eigenvalue weighted by Crippen LogP contribution is 2.34. The van der Waals surface area contributed by atoms with Crippen LogP contribution in [-0.4, -0.2) is 9.78 Å². The molecule has 0 saturated carbocycles. The average molecular weight is 259 g/mol. The highest BCUT2D eigenvalue weighted by Gasteiger charge is 2.18. The van der Waals surface area contributed by atoms with Gasteiger partial charge in [-0.1, -0.05) is 39.0 Å². The first-order chi connectivity index (χ1) is 9.04. The van der Waals surface area contributed by atoms with E-state index < -0.39 is 0 Å². The van der Waals surface area contributed by atoms with Crippen LogP contribution in [0.5, 0.6) is 11.6 Å². The maximum Gasteiger partial charge on any atom is 0.241 e. The normalized spacial score (nSPS) is 11.0. The van der Waals surface area contributed by atoms with Crippen LogP contribution in [0.3, 0.4) is 0 Å². The minimum atomic E-state index is 0.282. The summed E-state index contributed by atoms with van der Waals surface area (Å²) in [6.45, 7) is 6.25. The first kappa shape index (κ1) is 13.5. The average Bonchev–Trinajstić information content (AvgIpc) is 2.67. The summed E-state index contributed by atoms with van der Waals surface area (Å²) in [5, 5.41) is 4.43. The Morgan fingerprint density at radius 2 is 2.00 bits per heavy atom. The number of aromatic nitrogens is 2. The molecule has 0 spiro atoms. The first-order valence-electron chi connectivity index (χ1n) is 6.62. The minimum absolute atomic E-state index is 0.282. The van der Waals surface area contributed by atoms with Crippen LogP contribution in [0.15, 0.2) is 24.3 Å². The number of nitrogens with two attached hydrogens (primary N) is 1. The molecule has 4 nitrogen and oxygen atoms in total. The fourth-order valence-corrected chi connectivity index (χ4v) is 2.09. The quantitative estimate of drug-likeness (QED) is 0.914. The van der Waals surface area contributed by atoms with E-state index in [1.807, 2.05) is 25.2 Å². The molecular weight excluding hydrogens is 238 g/mol. The third-order valence-corrected chi connectivity index (χ3v) is 3.17. The van der Waals surface area contributed by atoms with Gasteiger partial charge in [-0.15, -0.1) is 0 Å². The predicted octanol–water partition coefficient (Wildman–Crippen LogP) is 3.48. The molecule has 4 heteroatoms. The van der Waals surface area contributed by atoms with E-state index >= 15 is 0 Å². The van der Waals surface area contributed by atoms with Crippen LogP contribution in [-0.2, 0) is 13.5 Å². The summed E-state index contributed by atoms with van der Waals surface area (Å²) in [4.78, 5) is 0. The molecule has 2 rings (SSSR count). The number of benzene rings is 1. The molecule has 1 aromatic carbocycles. The Kier molecular flexibility index (Phi) is 3.79. The van der Waals surface area contributed by atoms with Crippen LogP contribution in [0, 0.1) is 0 Å². The molecule has 1 heterocycles. The van der Waals surface area contributed by atoms with Gasteiger partial charge in [-0.25, -0.2) is 4.68 Å². The van der Waals surface area contributed by atoms with Crippen molar-refractivity contribution in [1.29, 1.82) is 0 Å². The van der Waals surface area contributed by atoms with Gasteiger partial charge in [0.15, 0.2) is 0 Å². The zero-order chi connectivity index (χ0) is 14.0. The summed E-state index contributed by atoms with van der Waals surface area (Å²) >= 11 is 0. The zero-order valence-electron chi connectivity index (χ0n) is 12.0. The van der Waals surface area contributed by atoms with Gasteiger partial charge in [-0.3, -0.25) is 0 Å². The lowest BCUT2D eigenvalue weighted by Crippen LogP contribution is -1.98. The molecule has 0 radical (unpaired) electrons. The number of para-hydroxylation sites is 1. The second-order valence-corrected chi connectivity index (χ2v) is 4.95. The van der Waals surface area contributed by atoms with Crippen LogP contribution in [0.25, 0.3) is 0 Å². The first-order valence-corrected chi connectivity index (χ1v) is 6.62. The van der Waals surface area contributed by atoms with E-state index in [1.54, 1.807) is 4.68 Å². The van der Waals surface area contributed by atoms with E-state index in [2.05, 4.69) is 31.9 Å². The van der Waals surface area contributed by atoms with Crippen molar-refractivity contribution in [2.75, 3.05) is 5.73 Å². The Balaban J connectivity index is 2.38. The molecule has 0 unspecified atom stereocenters. The smallest absolute Gasteiger partial charge is 0.241 e. The van der Waals surface area contributed by atoms with Gasteiger partial charge in [0.2, 0.25) is 5.88 Å². The van der Waals surface area contributed by atoms with Gasteiger partial charge < -0.3 is 10.5 Å². The lowest BCUT2D eigenvalue weighted by Gasteiger charge is -2.10. The molecule has 0 fully saturated rings. The number of rotatable bonds is 4. The fourth-order valence-electron chi connectivity index (χ4n) is 2.09. The third-order valence-electron chi connectivity index (χ3n) is 3.17. The molecule has 0 atom stereocenters. The van der Waals surface area contributed by atoms with Crippen molar-refractivity contribution in [3.8, 4) is 11.6 Å². The Bertz CT molecular complexity index is 573. The van der Waals surface area contributed by atoms with E-state index in [0.29, 0.717) is 11.6 Å². The van der Waals surface area contributed by atoms with E-state index in [1.165, 1.54) is 0 Å². The summed E-state index contributed by atoms with van der Waals surface area (Å²) in [5.74, 6) is 1.74. The number of ether oxygens (including phenoxy) is 1. The molecular formula is C15H21N3O. The van der Waals surface area contributed by atoms with E-state index in [9.17, 15) is 0 Å². The molecule has 0 amide bonds. The van der Waals surface area contributed by atoms with Crippen molar-refractivity contribution >= 4 is 5.69 Å². The number of hydrogen-bond donors (Lipinski definition) is 1. The molecule has 0 aliphatic rings. The molecule has 2 aromatic rings. The Morgan fingerprint density at radius 1 is 1.32 bits per heavy atom. The van der Waals surface area contributed by atoms with Crippen LogP contribution in [0.1, 0.15) is 37.9 Å². The van der Waals surface area contributed by atoms with E-state index in [-0.39, 0.29) is 5.92 Å². The maximum absolute atomic E-state index is 6.14. The zero-order valence-corrected chi connectivity index (χ0v) is 12.0. The lowest BCUT2D eigenvalue weighted by molar-refractivity contribution is 0.428. The molecule has 1 aromatic heterocycles. The Morgan fingerprint density at radius 3 is 2.58 bits per heavy atom. The van der Waals surface area contributed by atoms with E-state index in [4.69, 9.17) is 10.5 Å². The van der Waals surface area contributed by atoms with Gasteiger partial charge in [0.05, 0.1) is 5.69 Å². The molecule has 0 aliphatic heterocycles. The standard InChI is InChI=1S/C15H21N3O/c1-5-11-8-6-7-9-12(11)19-15-13(16)14(10(2)3)17-18(15)4/h6-10H,5,16H2,1-4H3. The number of anilines is 1. The molecule has 0 saturated heterocycles. The molecule has 2 N–H and O–H groups in total. The third kappa shape index (κ3) is 2.57. The highest BCUT2D eigenvalue weighted by molar-refractivity contribution is 5.56. The van der Waals surface area contributed by atoms with Crippen molar-refractivity contribution < 1.29 is 4.74 Å². The fraction of sp³-hybridized carbons (Fsp3) is 0.400. The van der Waals surface area contributed by atoms with Gasteiger partial charge in [0.25, 0.3) is 0 Å². The maximum atomic E-state index is 6.14. The number of aryl methyl sites for hydroxylation is 2. The summed E-state index contributed by atoms with van der Waals surface area (Å²) in [5.41, 5.74) is 8.81. The van der Waals surface area contributed by atoms with Crippen molar-refractivity contribution in [1.82, 2.24) is 9.78 Å². The predicted molar refractivity (Wildman–Crippen MR) is 77.6 cm³/mol. The second kappa shape index (κ2) is 5.34. The largest absolute Gasteiger partial charge is 0.437 e. The van der Waals surface area contributed by atoms with Crippen molar-refractivity contribution in [3.63, 3.8) is 0 Å². The Labute approximate surface area is 114 Å². The van der Waals surface area contributed by atoms with Crippen LogP contribution >= 0.6 is 0 Å². The SMILES string of the molecule is CCc1ccccc1Oc1c(N)c(C(C)C)nn1C. The van der Waals surface area contributed by atoms with Gasteiger partial charge >= 0.3 is 0 Å². The number of hydrogen-bond acceptors (Lipinski definition) is 3. The highest BCUT2D eigenvalue weighted by atomic mass is 16.5. The van der Waals surface area contributed by atoms with Gasteiger partial charge in [0.1, 0.15) is 11.4 Å². The lowest BCUT2D eigenvalue weighted by atomic mass is 10.1. The van der Waals surface area contributed by atoms with Gasteiger partial charge in [-0.2, -0.15) is 5.10 Å². The summed E-state index contributed by atoms with van der Waals surface area (Å²) < 4.78 is 7.67. The number of nitrogen functional groups attached to an aromatic ring is 1. The molecule has 0 bridgehead atoms. The molecule has 102 valence electrons. The Hall–Kier alpha value is -1.97. The summed E-state index contributed by atoms with van der Waals surface area (Å²) in [6.07, 6.45) is 0.922.